The quantitative estimate of drug-likeness (QED) is 0.792. The third kappa shape index (κ3) is 2.81. The molecule has 0 radical (unpaired) electrons. The number of methoxy groups -OCH3 is 1. The first kappa shape index (κ1) is 14.5. The lowest BCUT2D eigenvalue weighted by atomic mass is 9.87. The number of hydrogen-bond acceptors (Lipinski definition) is 4. The van der Waals surface area contributed by atoms with E-state index in [0.717, 1.165) is 11.3 Å². The molecule has 0 bridgehead atoms. The van der Waals surface area contributed by atoms with E-state index in [9.17, 15) is 4.79 Å². The number of carboxylic acids is 1. The number of carboxylic acid groups (broad SMARTS) is 1. The van der Waals surface area contributed by atoms with Crippen LogP contribution in [0.4, 0.5) is 0 Å². The van der Waals surface area contributed by atoms with Crippen LogP contribution in [0, 0.1) is 6.92 Å². The number of hydrogen-bond donors (Lipinski definition) is 2. The highest BCUT2D eigenvalue weighted by atomic mass is 16.5. The Morgan fingerprint density at radius 3 is 2.67 bits per heavy atom. The maximum absolute atomic E-state index is 11.0. The number of nitrogens with two attached hydrogens (primary N) is 1. The number of aromatic nitrogens is 2. The van der Waals surface area contributed by atoms with Gasteiger partial charge in [0.1, 0.15) is 0 Å². The van der Waals surface area contributed by atoms with Crippen LogP contribution in [-0.2, 0) is 11.8 Å². The van der Waals surface area contributed by atoms with Crippen LogP contribution >= 0.6 is 0 Å². The molecule has 1 aromatic rings. The van der Waals surface area contributed by atoms with E-state index in [4.69, 9.17) is 15.6 Å². The van der Waals surface area contributed by atoms with Gasteiger partial charge in [-0.05, 0) is 13.3 Å². The molecule has 6 heteroatoms. The summed E-state index contributed by atoms with van der Waals surface area (Å²) in [6, 6.07) is -0.224. The van der Waals surface area contributed by atoms with E-state index in [0.29, 0.717) is 12.3 Å². The molecule has 0 amide bonds. The number of carbonyl (C=O) groups is 1. The van der Waals surface area contributed by atoms with Gasteiger partial charge in [-0.25, -0.2) is 4.68 Å². The van der Waals surface area contributed by atoms with Crippen molar-refractivity contribution >= 4 is 5.97 Å². The topological polar surface area (TPSA) is 90.4 Å². The van der Waals surface area contributed by atoms with Gasteiger partial charge < -0.3 is 15.6 Å². The van der Waals surface area contributed by atoms with Crippen molar-refractivity contribution in [3.63, 3.8) is 0 Å². The summed E-state index contributed by atoms with van der Waals surface area (Å²) < 4.78 is 6.92. The van der Waals surface area contributed by atoms with Gasteiger partial charge in [0.25, 0.3) is 0 Å². The van der Waals surface area contributed by atoms with Crippen LogP contribution in [0.2, 0.25) is 0 Å². The summed E-state index contributed by atoms with van der Waals surface area (Å²) in [5.41, 5.74) is 7.61. The molecule has 0 aliphatic heterocycles. The van der Waals surface area contributed by atoms with Crippen molar-refractivity contribution in [1.29, 1.82) is 0 Å². The Kier molecular flexibility index (Phi) is 4.72. The molecule has 1 aromatic heterocycles. The third-order valence-electron chi connectivity index (χ3n) is 3.16. The predicted octanol–water partition coefficient (Wildman–Crippen LogP) is 1.03. The molecule has 0 saturated heterocycles. The Morgan fingerprint density at radius 2 is 2.22 bits per heavy atom. The minimum Gasteiger partial charge on any atom is -0.481 e. The standard InChI is InChI=1S/C12H21N3O3/c1-5-9(13)8(6-10(16)17)11-7(2)14-15(3)12(11)18-4/h8-9H,5-6,13H2,1-4H3,(H,16,17). The van der Waals surface area contributed by atoms with Crippen molar-refractivity contribution in [3.05, 3.63) is 11.3 Å². The van der Waals surface area contributed by atoms with Gasteiger partial charge in [-0.2, -0.15) is 5.10 Å². The Balaban J connectivity index is 3.23. The molecular weight excluding hydrogens is 234 g/mol. The Morgan fingerprint density at radius 1 is 1.61 bits per heavy atom. The lowest BCUT2D eigenvalue weighted by molar-refractivity contribution is -0.137. The van der Waals surface area contributed by atoms with Gasteiger partial charge in [-0.3, -0.25) is 4.79 Å². The average Bonchev–Trinajstić information content (AvgIpc) is 2.59. The summed E-state index contributed by atoms with van der Waals surface area (Å²) in [5.74, 6) is -0.562. The van der Waals surface area contributed by atoms with E-state index >= 15 is 0 Å². The van der Waals surface area contributed by atoms with Crippen molar-refractivity contribution in [2.24, 2.45) is 12.8 Å². The zero-order chi connectivity index (χ0) is 13.9. The largest absolute Gasteiger partial charge is 0.481 e. The number of aliphatic carboxylic acids is 1. The van der Waals surface area contributed by atoms with Crippen LogP contribution in [0.3, 0.4) is 0 Å². The van der Waals surface area contributed by atoms with Crippen LogP contribution in [-0.4, -0.2) is 34.0 Å². The van der Waals surface area contributed by atoms with Gasteiger partial charge >= 0.3 is 5.97 Å². The second-order valence-electron chi connectivity index (χ2n) is 4.41. The van der Waals surface area contributed by atoms with Crippen molar-refractivity contribution in [1.82, 2.24) is 9.78 Å². The molecule has 0 aliphatic rings. The number of ether oxygens (including phenoxy) is 1. The second kappa shape index (κ2) is 5.86. The van der Waals surface area contributed by atoms with Gasteiger partial charge in [0, 0.05) is 24.6 Å². The van der Waals surface area contributed by atoms with E-state index in [2.05, 4.69) is 5.10 Å². The smallest absolute Gasteiger partial charge is 0.304 e. The summed E-state index contributed by atoms with van der Waals surface area (Å²) >= 11 is 0. The predicted molar refractivity (Wildman–Crippen MR) is 67.8 cm³/mol. The minimum absolute atomic E-state index is 0.0160. The van der Waals surface area contributed by atoms with E-state index in [-0.39, 0.29) is 18.4 Å². The molecule has 102 valence electrons. The average molecular weight is 255 g/mol. The first-order chi connectivity index (χ1) is 8.42. The molecule has 0 spiro atoms. The summed E-state index contributed by atoms with van der Waals surface area (Å²) in [4.78, 5) is 11.0. The molecule has 2 unspecified atom stereocenters. The van der Waals surface area contributed by atoms with Gasteiger partial charge in [0.2, 0.25) is 5.88 Å². The van der Waals surface area contributed by atoms with Crippen LogP contribution in [0.1, 0.15) is 36.9 Å². The van der Waals surface area contributed by atoms with Crippen molar-refractivity contribution in [3.8, 4) is 5.88 Å². The Bertz CT molecular complexity index is 428. The molecule has 0 aromatic carbocycles. The van der Waals surface area contributed by atoms with E-state index < -0.39 is 5.97 Å². The lowest BCUT2D eigenvalue weighted by Gasteiger charge is -2.22. The fraction of sp³-hybridized carbons (Fsp3) is 0.667. The Hall–Kier alpha value is -1.56. The van der Waals surface area contributed by atoms with E-state index in [1.165, 1.54) is 0 Å². The fourth-order valence-electron chi connectivity index (χ4n) is 2.26. The molecule has 6 nitrogen and oxygen atoms in total. The first-order valence-corrected chi connectivity index (χ1v) is 5.97. The summed E-state index contributed by atoms with van der Waals surface area (Å²) in [7, 11) is 3.32. The van der Waals surface area contributed by atoms with Crippen LogP contribution in [0.5, 0.6) is 5.88 Å². The lowest BCUT2D eigenvalue weighted by Crippen LogP contribution is -2.30. The minimum atomic E-state index is -0.866. The Labute approximate surface area is 107 Å². The molecule has 0 saturated carbocycles. The van der Waals surface area contributed by atoms with Crippen LogP contribution in [0.25, 0.3) is 0 Å². The number of rotatable bonds is 6. The van der Waals surface area contributed by atoms with Crippen molar-refractivity contribution < 1.29 is 14.6 Å². The first-order valence-electron chi connectivity index (χ1n) is 5.97. The highest BCUT2D eigenvalue weighted by Crippen LogP contribution is 2.34. The van der Waals surface area contributed by atoms with Gasteiger partial charge in [-0.1, -0.05) is 6.92 Å². The zero-order valence-electron chi connectivity index (χ0n) is 11.3. The molecule has 18 heavy (non-hydrogen) atoms. The normalized spacial score (nSPS) is 14.3. The SMILES string of the molecule is CCC(N)C(CC(=O)O)c1c(C)nn(C)c1OC. The van der Waals surface area contributed by atoms with Gasteiger partial charge in [0.05, 0.1) is 19.2 Å². The van der Waals surface area contributed by atoms with Crippen molar-refractivity contribution in [2.45, 2.75) is 38.6 Å². The molecule has 2 atom stereocenters. The van der Waals surface area contributed by atoms with Crippen LogP contribution in [0.15, 0.2) is 0 Å². The highest BCUT2D eigenvalue weighted by Gasteiger charge is 2.29. The second-order valence-corrected chi connectivity index (χ2v) is 4.41. The summed E-state index contributed by atoms with van der Waals surface area (Å²) in [6.45, 7) is 3.78. The molecule has 1 rings (SSSR count). The summed E-state index contributed by atoms with van der Waals surface area (Å²) in [6.07, 6.45) is 0.688. The van der Waals surface area contributed by atoms with E-state index in [1.54, 1.807) is 18.8 Å². The highest BCUT2D eigenvalue weighted by molar-refractivity contribution is 5.68. The van der Waals surface area contributed by atoms with Gasteiger partial charge in [0.15, 0.2) is 0 Å². The number of nitrogens with zero attached hydrogens (tertiary/aromatic N) is 2. The zero-order valence-corrected chi connectivity index (χ0v) is 11.3. The molecule has 3 N–H and O–H groups in total. The van der Waals surface area contributed by atoms with Crippen molar-refractivity contribution in [2.75, 3.05) is 7.11 Å². The summed E-state index contributed by atoms with van der Waals surface area (Å²) in [5, 5.41) is 13.3. The van der Waals surface area contributed by atoms with E-state index in [1.807, 2.05) is 13.8 Å². The molecule has 1 heterocycles. The maximum Gasteiger partial charge on any atom is 0.304 e. The van der Waals surface area contributed by atoms with Crippen LogP contribution < -0.4 is 10.5 Å². The van der Waals surface area contributed by atoms with Gasteiger partial charge in [-0.15, -0.1) is 0 Å². The number of aryl methyl sites for hydroxylation is 2. The third-order valence-corrected chi connectivity index (χ3v) is 3.16. The fourth-order valence-corrected chi connectivity index (χ4v) is 2.26. The maximum atomic E-state index is 11.0. The molecular formula is C12H21N3O3. The molecule has 0 fully saturated rings. The monoisotopic (exact) mass is 255 g/mol. The molecule has 0 aliphatic carbocycles.